The van der Waals surface area contributed by atoms with Gasteiger partial charge in [0.1, 0.15) is 5.65 Å². The van der Waals surface area contributed by atoms with Crippen molar-refractivity contribution >= 4 is 21.6 Å². The van der Waals surface area contributed by atoms with Gasteiger partial charge in [-0.2, -0.15) is 0 Å². The number of fused-ring (bicyclic) bond motifs is 1. The van der Waals surface area contributed by atoms with Crippen LogP contribution in [0.15, 0.2) is 22.8 Å². The molecule has 0 spiro atoms. The monoisotopic (exact) mass is 279 g/mol. The van der Waals surface area contributed by atoms with E-state index in [0.717, 1.165) is 23.2 Å². The number of rotatable bonds is 1. The Kier molecular flexibility index (Phi) is 2.48. The van der Waals surface area contributed by atoms with E-state index >= 15 is 0 Å². The number of hydrogen-bond acceptors (Lipinski definition) is 2. The number of aromatic nitrogens is 2. The van der Waals surface area contributed by atoms with E-state index in [1.807, 2.05) is 6.07 Å². The molecule has 1 unspecified atom stereocenters. The third-order valence-corrected chi connectivity index (χ3v) is 3.77. The maximum atomic E-state index is 4.74. The molecule has 0 radical (unpaired) electrons. The molecule has 3 rings (SSSR count). The Morgan fingerprint density at radius 1 is 1.50 bits per heavy atom. The second-order valence-electron chi connectivity index (χ2n) is 4.35. The Balaban J connectivity index is 2.15. The third-order valence-electron chi connectivity index (χ3n) is 3.30. The summed E-state index contributed by atoms with van der Waals surface area (Å²) < 4.78 is 3.26. The molecule has 3 heterocycles. The van der Waals surface area contributed by atoms with E-state index in [1.54, 1.807) is 0 Å². The molecule has 0 amide bonds. The summed E-state index contributed by atoms with van der Waals surface area (Å²) in [6.07, 6.45) is 3.29. The fourth-order valence-electron chi connectivity index (χ4n) is 2.43. The molecule has 1 atom stereocenters. The molecule has 84 valence electrons. The molecule has 1 fully saturated rings. The topological polar surface area (TPSA) is 29.3 Å². The van der Waals surface area contributed by atoms with Crippen LogP contribution in [-0.2, 0) is 0 Å². The van der Waals surface area contributed by atoms with E-state index in [-0.39, 0.29) is 0 Å². The first kappa shape index (κ1) is 10.3. The Bertz CT molecular complexity index is 526. The van der Waals surface area contributed by atoms with Gasteiger partial charge in [0, 0.05) is 28.8 Å². The number of nitrogens with zero attached hydrogens (tertiary/aromatic N) is 2. The molecular formula is C12H14BrN3. The summed E-state index contributed by atoms with van der Waals surface area (Å²) >= 11 is 3.50. The van der Waals surface area contributed by atoms with Gasteiger partial charge in [0.2, 0.25) is 0 Å². The lowest BCUT2D eigenvalue weighted by atomic mass is 10.0. The van der Waals surface area contributed by atoms with Gasteiger partial charge in [0.05, 0.1) is 5.69 Å². The van der Waals surface area contributed by atoms with Gasteiger partial charge in [-0.25, -0.2) is 4.98 Å². The van der Waals surface area contributed by atoms with Crippen molar-refractivity contribution in [3.05, 3.63) is 34.2 Å². The zero-order valence-electron chi connectivity index (χ0n) is 9.20. The molecule has 1 aliphatic rings. The van der Waals surface area contributed by atoms with Gasteiger partial charge in [0.25, 0.3) is 0 Å². The van der Waals surface area contributed by atoms with Gasteiger partial charge < -0.3 is 9.72 Å². The summed E-state index contributed by atoms with van der Waals surface area (Å²) in [5.41, 5.74) is 3.57. The predicted octanol–water partition coefficient (Wildman–Crippen LogP) is 2.48. The van der Waals surface area contributed by atoms with Crippen molar-refractivity contribution in [1.29, 1.82) is 0 Å². The van der Waals surface area contributed by atoms with E-state index < -0.39 is 0 Å². The van der Waals surface area contributed by atoms with Crippen LogP contribution < -0.4 is 5.32 Å². The van der Waals surface area contributed by atoms with Crippen LogP contribution in [0.4, 0.5) is 0 Å². The highest BCUT2D eigenvalue weighted by Crippen LogP contribution is 2.26. The van der Waals surface area contributed by atoms with Crippen molar-refractivity contribution in [2.45, 2.75) is 19.3 Å². The summed E-state index contributed by atoms with van der Waals surface area (Å²) in [6, 6.07) is 4.10. The molecule has 2 aromatic heterocycles. The summed E-state index contributed by atoms with van der Waals surface area (Å²) in [5.74, 6) is 0.582. The number of aryl methyl sites for hydroxylation is 1. The maximum absolute atomic E-state index is 4.74. The van der Waals surface area contributed by atoms with Gasteiger partial charge in [0.15, 0.2) is 0 Å². The number of nitrogens with one attached hydrogen (secondary N) is 1. The fourth-order valence-corrected chi connectivity index (χ4v) is 2.77. The fraction of sp³-hybridized carbons (Fsp3) is 0.417. The van der Waals surface area contributed by atoms with Crippen LogP contribution >= 0.6 is 15.9 Å². The van der Waals surface area contributed by atoms with Gasteiger partial charge in [-0.1, -0.05) is 0 Å². The van der Waals surface area contributed by atoms with Gasteiger partial charge in [-0.05, 0) is 48.0 Å². The third kappa shape index (κ3) is 1.57. The van der Waals surface area contributed by atoms with E-state index in [9.17, 15) is 0 Å². The van der Waals surface area contributed by atoms with Crippen LogP contribution in [0.3, 0.4) is 0 Å². The first-order valence-corrected chi connectivity index (χ1v) is 6.40. The van der Waals surface area contributed by atoms with Crippen LogP contribution in [0.5, 0.6) is 0 Å². The van der Waals surface area contributed by atoms with E-state index in [0.29, 0.717) is 5.92 Å². The Morgan fingerprint density at radius 3 is 3.12 bits per heavy atom. The Morgan fingerprint density at radius 2 is 2.38 bits per heavy atom. The number of hydrogen-bond donors (Lipinski definition) is 1. The number of pyridine rings is 1. The molecule has 0 bridgehead atoms. The Labute approximate surface area is 103 Å². The molecule has 1 saturated heterocycles. The van der Waals surface area contributed by atoms with Crippen LogP contribution in [0.25, 0.3) is 5.65 Å². The van der Waals surface area contributed by atoms with E-state index in [4.69, 9.17) is 4.98 Å². The van der Waals surface area contributed by atoms with Crippen molar-refractivity contribution in [2.24, 2.45) is 0 Å². The summed E-state index contributed by atoms with van der Waals surface area (Å²) in [6.45, 7) is 4.33. The van der Waals surface area contributed by atoms with Crippen molar-refractivity contribution in [2.75, 3.05) is 13.1 Å². The molecule has 1 aliphatic heterocycles. The molecule has 1 N–H and O–H groups in total. The van der Waals surface area contributed by atoms with Crippen LogP contribution in [0.2, 0.25) is 0 Å². The summed E-state index contributed by atoms with van der Waals surface area (Å²) in [4.78, 5) is 4.74. The molecule has 3 nitrogen and oxygen atoms in total. The van der Waals surface area contributed by atoms with Crippen molar-refractivity contribution in [3.8, 4) is 0 Å². The zero-order valence-corrected chi connectivity index (χ0v) is 10.8. The second-order valence-corrected chi connectivity index (χ2v) is 5.26. The lowest BCUT2D eigenvalue weighted by Gasteiger charge is -2.05. The quantitative estimate of drug-likeness (QED) is 0.869. The first-order valence-electron chi connectivity index (χ1n) is 5.60. The van der Waals surface area contributed by atoms with Crippen molar-refractivity contribution in [1.82, 2.24) is 14.7 Å². The van der Waals surface area contributed by atoms with Gasteiger partial charge >= 0.3 is 0 Å². The van der Waals surface area contributed by atoms with E-state index in [2.05, 4.69) is 44.8 Å². The molecule has 2 aromatic rings. The number of imidazole rings is 1. The van der Waals surface area contributed by atoms with Gasteiger partial charge in [-0.3, -0.25) is 0 Å². The van der Waals surface area contributed by atoms with Gasteiger partial charge in [-0.15, -0.1) is 0 Å². The lowest BCUT2D eigenvalue weighted by Crippen LogP contribution is -2.08. The molecule has 0 aliphatic carbocycles. The molecule has 0 saturated carbocycles. The first-order chi connectivity index (χ1) is 7.75. The molecule has 4 heteroatoms. The predicted molar refractivity (Wildman–Crippen MR) is 67.9 cm³/mol. The van der Waals surface area contributed by atoms with Crippen molar-refractivity contribution < 1.29 is 0 Å². The SMILES string of the molecule is Cc1c(C2CCNC2)nc2ccc(Br)cn12. The minimum atomic E-state index is 0.582. The summed E-state index contributed by atoms with van der Waals surface area (Å²) in [7, 11) is 0. The summed E-state index contributed by atoms with van der Waals surface area (Å²) in [5, 5.41) is 3.40. The van der Waals surface area contributed by atoms with Crippen LogP contribution in [0, 0.1) is 6.92 Å². The minimum Gasteiger partial charge on any atom is -0.316 e. The number of halogens is 1. The highest BCUT2D eigenvalue weighted by Gasteiger charge is 2.22. The molecule has 0 aromatic carbocycles. The van der Waals surface area contributed by atoms with Crippen molar-refractivity contribution in [3.63, 3.8) is 0 Å². The Hall–Kier alpha value is -0.870. The highest BCUT2D eigenvalue weighted by molar-refractivity contribution is 9.10. The average molecular weight is 280 g/mol. The minimum absolute atomic E-state index is 0.582. The van der Waals surface area contributed by atoms with Crippen LogP contribution in [0.1, 0.15) is 23.7 Å². The normalized spacial score (nSPS) is 20.8. The largest absolute Gasteiger partial charge is 0.316 e. The second kappa shape index (κ2) is 3.86. The van der Waals surface area contributed by atoms with E-state index in [1.165, 1.54) is 17.8 Å². The lowest BCUT2D eigenvalue weighted by molar-refractivity contribution is 0.734. The molecule has 16 heavy (non-hydrogen) atoms. The standard InChI is InChI=1S/C12H14BrN3/c1-8-12(9-4-5-14-6-9)15-11-3-2-10(13)7-16(8)11/h2-3,7,9,14H,4-6H2,1H3. The smallest absolute Gasteiger partial charge is 0.137 e. The zero-order chi connectivity index (χ0) is 11.1. The average Bonchev–Trinajstić information content (AvgIpc) is 2.87. The maximum Gasteiger partial charge on any atom is 0.137 e. The van der Waals surface area contributed by atoms with Crippen LogP contribution in [-0.4, -0.2) is 22.5 Å². The highest BCUT2D eigenvalue weighted by atomic mass is 79.9. The molecular weight excluding hydrogens is 266 g/mol.